The van der Waals surface area contributed by atoms with Crippen LogP contribution in [0.25, 0.3) is 0 Å². The van der Waals surface area contributed by atoms with Crippen molar-refractivity contribution in [3.63, 3.8) is 0 Å². The van der Waals surface area contributed by atoms with E-state index < -0.39 is 14.6 Å². The van der Waals surface area contributed by atoms with Gasteiger partial charge in [-0.2, -0.15) is 4.89 Å². The minimum absolute atomic E-state index is 0.0665. The molecule has 0 spiro atoms. The van der Waals surface area contributed by atoms with Crippen LogP contribution < -0.4 is 10.4 Å². The van der Waals surface area contributed by atoms with E-state index in [1.807, 2.05) is 12.1 Å². The summed E-state index contributed by atoms with van der Waals surface area (Å²) in [6, 6.07) is 21.1. The van der Waals surface area contributed by atoms with E-state index in [1.165, 1.54) is 17.3 Å². The summed E-state index contributed by atoms with van der Waals surface area (Å²) in [5, 5.41) is 2.43. The second-order valence-electron chi connectivity index (χ2n) is 8.39. The Hall–Kier alpha value is -1.99. The Bertz CT molecular complexity index is 748. The first-order chi connectivity index (χ1) is 13.8. The average Bonchev–Trinajstić information content (AvgIpc) is 3.12. The van der Waals surface area contributed by atoms with Crippen LogP contribution in [0.4, 0.5) is 0 Å². The fraction of sp³-hybridized carbons (Fsp3) is 0.435. The summed E-state index contributed by atoms with van der Waals surface area (Å²) >= 11 is 0. The lowest BCUT2D eigenvalue weighted by Gasteiger charge is -2.43. The van der Waals surface area contributed by atoms with Gasteiger partial charge in [-0.3, -0.25) is 4.79 Å². The first-order valence-corrected chi connectivity index (χ1v) is 12.0. The summed E-state index contributed by atoms with van der Waals surface area (Å²) in [7, 11) is -2.55. The van der Waals surface area contributed by atoms with Crippen LogP contribution in [0.3, 0.4) is 0 Å². The molecule has 0 N–H and O–H groups in total. The maximum absolute atomic E-state index is 11.1. The van der Waals surface area contributed by atoms with Gasteiger partial charge in [0.05, 0.1) is 0 Å². The van der Waals surface area contributed by atoms with Gasteiger partial charge < -0.3 is 9.16 Å². The molecule has 0 aromatic heterocycles. The number of carbonyl (C=O) groups is 1. The molecule has 156 valence electrons. The molecular weight excluding hydrogens is 384 g/mol. The van der Waals surface area contributed by atoms with Gasteiger partial charge in [-0.05, 0) is 21.8 Å². The molecule has 5 nitrogen and oxygen atoms in total. The molecule has 2 aromatic carbocycles. The van der Waals surface area contributed by atoms with E-state index in [0.717, 1.165) is 0 Å². The lowest BCUT2D eigenvalue weighted by Crippen LogP contribution is -2.66. The summed E-state index contributed by atoms with van der Waals surface area (Å²) in [4.78, 5) is 21.5. The van der Waals surface area contributed by atoms with Crippen molar-refractivity contribution in [1.29, 1.82) is 0 Å². The maximum atomic E-state index is 11.1. The van der Waals surface area contributed by atoms with Gasteiger partial charge in [-0.15, -0.1) is 0 Å². The first-order valence-electron chi connectivity index (χ1n) is 10.1. The average molecular weight is 415 g/mol. The molecule has 3 rings (SSSR count). The molecule has 0 saturated carbocycles. The number of carbonyl (C=O) groups excluding carboxylic acids is 1. The molecule has 1 aliphatic rings. The Morgan fingerprint density at radius 3 is 2.03 bits per heavy atom. The summed E-state index contributed by atoms with van der Waals surface area (Å²) in [5.41, 5.74) is 0. The van der Waals surface area contributed by atoms with E-state index in [-0.39, 0.29) is 17.1 Å². The molecule has 1 aliphatic heterocycles. The zero-order valence-electron chi connectivity index (χ0n) is 17.6. The lowest BCUT2D eigenvalue weighted by atomic mass is 10.2. The van der Waals surface area contributed by atoms with Gasteiger partial charge >= 0.3 is 5.97 Å². The van der Waals surface area contributed by atoms with Crippen LogP contribution in [-0.4, -0.2) is 33.3 Å². The van der Waals surface area contributed by atoms with Crippen molar-refractivity contribution in [2.75, 3.05) is 6.61 Å². The van der Waals surface area contributed by atoms with Crippen LogP contribution in [0.1, 0.15) is 40.5 Å². The fourth-order valence-electron chi connectivity index (χ4n) is 3.96. The Kier molecular flexibility index (Phi) is 6.90. The normalized spacial score (nSPS) is 19.9. The number of esters is 1. The highest BCUT2D eigenvalue weighted by atomic mass is 28.4. The second kappa shape index (κ2) is 9.22. The van der Waals surface area contributed by atoms with Gasteiger partial charge in [0.2, 0.25) is 6.29 Å². The Morgan fingerprint density at radius 2 is 1.55 bits per heavy atom. The Balaban J connectivity index is 1.80. The highest BCUT2D eigenvalue weighted by Crippen LogP contribution is 2.37. The molecule has 1 saturated heterocycles. The molecule has 2 aromatic rings. The van der Waals surface area contributed by atoms with Crippen molar-refractivity contribution < 1.29 is 23.7 Å². The van der Waals surface area contributed by atoms with E-state index in [1.54, 1.807) is 0 Å². The van der Waals surface area contributed by atoms with Gasteiger partial charge in [0, 0.05) is 20.0 Å². The minimum Gasteiger partial charge on any atom is -0.433 e. The van der Waals surface area contributed by atoms with Gasteiger partial charge in [0.1, 0.15) is 6.10 Å². The molecule has 6 heteroatoms. The molecule has 2 unspecified atom stereocenters. The Morgan fingerprint density at radius 1 is 1.00 bits per heavy atom. The summed E-state index contributed by atoms with van der Waals surface area (Å²) in [5.74, 6) is -0.372. The van der Waals surface area contributed by atoms with E-state index in [2.05, 4.69) is 69.3 Å². The van der Waals surface area contributed by atoms with E-state index in [4.69, 9.17) is 18.9 Å². The molecular formula is C23H30O5Si. The third kappa shape index (κ3) is 4.95. The van der Waals surface area contributed by atoms with Crippen LogP contribution in [-0.2, 0) is 23.7 Å². The molecule has 2 atom stereocenters. The molecule has 0 radical (unpaired) electrons. The van der Waals surface area contributed by atoms with Crippen molar-refractivity contribution in [3.05, 3.63) is 60.7 Å². The van der Waals surface area contributed by atoms with Crippen molar-refractivity contribution >= 4 is 24.7 Å². The highest BCUT2D eigenvalue weighted by molar-refractivity contribution is 6.99. The zero-order valence-corrected chi connectivity index (χ0v) is 18.6. The van der Waals surface area contributed by atoms with E-state index >= 15 is 0 Å². The number of ether oxygens (including phenoxy) is 1. The third-order valence-corrected chi connectivity index (χ3v) is 10.3. The predicted octanol–water partition coefficient (Wildman–Crippen LogP) is 3.56. The largest absolute Gasteiger partial charge is 0.433 e. The number of benzene rings is 2. The summed E-state index contributed by atoms with van der Waals surface area (Å²) < 4.78 is 11.9. The van der Waals surface area contributed by atoms with Crippen LogP contribution in [0, 0.1) is 0 Å². The first kappa shape index (κ1) is 21.7. The van der Waals surface area contributed by atoms with E-state index in [0.29, 0.717) is 19.4 Å². The van der Waals surface area contributed by atoms with Crippen molar-refractivity contribution in [2.24, 2.45) is 0 Å². The quantitative estimate of drug-likeness (QED) is 0.394. The molecule has 0 amide bonds. The number of hydrogen-bond acceptors (Lipinski definition) is 5. The van der Waals surface area contributed by atoms with Crippen LogP contribution >= 0.6 is 0 Å². The van der Waals surface area contributed by atoms with Crippen molar-refractivity contribution in [1.82, 2.24) is 0 Å². The molecule has 29 heavy (non-hydrogen) atoms. The number of rotatable bonds is 7. The summed E-state index contributed by atoms with van der Waals surface area (Å²) in [6.45, 7) is 8.66. The van der Waals surface area contributed by atoms with Gasteiger partial charge in [0.15, 0.2) is 0 Å². The summed E-state index contributed by atoms with van der Waals surface area (Å²) in [6.07, 6.45) is 0.398. The van der Waals surface area contributed by atoms with Crippen molar-refractivity contribution in [3.8, 4) is 0 Å². The maximum Gasteiger partial charge on any atom is 0.305 e. The van der Waals surface area contributed by atoms with Gasteiger partial charge in [-0.25, -0.2) is 4.89 Å². The van der Waals surface area contributed by atoms with Crippen LogP contribution in [0.5, 0.6) is 0 Å². The fourth-order valence-corrected chi connectivity index (χ4v) is 8.54. The smallest absolute Gasteiger partial charge is 0.305 e. The van der Waals surface area contributed by atoms with Gasteiger partial charge in [-0.1, -0.05) is 81.4 Å². The minimum atomic E-state index is -2.55. The van der Waals surface area contributed by atoms with Crippen molar-refractivity contribution in [2.45, 2.75) is 58.0 Å². The molecule has 1 fully saturated rings. The van der Waals surface area contributed by atoms with Gasteiger partial charge in [0.25, 0.3) is 8.32 Å². The lowest BCUT2D eigenvalue weighted by molar-refractivity contribution is -0.335. The molecule has 1 heterocycles. The third-order valence-electron chi connectivity index (χ3n) is 5.23. The predicted molar refractivity (Wildman–Crippen MR) is 114 cm³/mol. The monoisotopic (exact) mass is 414 g/mol. The van der Waals surface area contributed by atoms with Crippen LogP contribution in [0.2, 0.25) is 5.04 Å². The second-order valence-corrected chi connectivity index (χ2v) is 12.7. The topological polar surface area (TPSA) is 54.0 Å². The standard InChI is InChI=1S/C23H30O5Si/c1-18(24)26-22-17-19(27-28-22)15-16-25-29(23(2,3)4,20-11-7-5-8-12-20)21-13-9-6-10-14-21/h5-14,19,22H,15-17H2,1-4H3. The van der Waals surface area contributed by atoms with Crippen LogP contribution in [0.15, 0.2) is 60.7 Å². The molecule has 0 aliphatic carbocycles. The molecule has 0 bridgehead atoms. The highest BCUT2D eigenvalue weighted by Gasteiger charge is 2.50. The SMILES string of the molecule is CC(=O)OC1CC(CCO[Si](c2ccccc2)(c2ccccc2)C(C)(C)C)OO1. The Labute approximate surface area is 174 Å². The number of hydrogen-bond donors (Lipinski definition) is 0. The zero-order chi connectivity index (χ0) is 20.9. The van der Waals surface area contributed by atoms with E-state index in [9.17, 15) is 4.79 Å².